The van der Waals surface area contributed by atoms with Crippen LogP contribution in [-0.2, 0) is 7.05 Å². The summed E-state index contributed by atoms with van der Waals surface area (Å²) in [6, 6.07) is 6.91. The summed E-state index contributed by atoms with van der Waals surface area (Å²) < 4.78 is 1.37. The Morgan fingerprint density at radius 3 is 2.57 bits per heavy atom. The van der Waals surface area contributed by atoms with Crippen LogP contribution < -0.4 is 10.9 Å². The molecule has 1 aliphatic heterocycles. The van der Waals surface area contributed by atoms with E-state index in [-0.39, 0.29) is 39.2 Å². The number of nitro groups is 1. The third-order valence-corrected chi connectivity index (χ3v) is 5.53. The number of halogens is 1. The number of hydrogen-bond donors (Lipinski definition) is 1. The van der Waals surface area contributed by atoms with Gasteiger partial charge in [0.2, 0.25) is 0 Å². The zero-order chi connectivity index (χ0) is 21.8. The van der Waals surface area contributed by atoms with Gasteiger partial charge in [-0.05, 0) is 37.0 Å². The van der Waals surface area contributed by atoms with E-state index in [1.165, 1.54) is 22.8 Å². The first-order valence-electron chi connectivity index (χ1n) is 9.45. The molecule has 10 heteroatoms. The van der Waals surface area contributed by atoms with Crippen molar-refractivity contribution in [1.29, 1.82) is 0 Å². The number of aryl methyl sites for hydroxylation is 1. The Morgan fingerprint density at radius 1 is 1.23 bits per heavy atom. The molecule has 158 valence electrons. The number of rotatable bonds is 5. The first kappa shape index (κ1) is 21.5. The molecule has 0 saturated carbocycles. The summed E-state index contributed by atoms with van der Waals surface area (Å²) in [6.45, 7) is 1.40. The lowest BCUT2D eigenvalue weighted by Gasteiger charge is -2.32. The monoisotopic (exact) mass is 432 g/mol. The summed E-state index contributed by atoms with van der Waals surface area (Å²) in [4.78, 5) is 49.0. The summed E-state index contributed by atoms with van der Waals surface area (Å²) in [6.07, 6.45) is 2.98. The van der Waals surface area contributed by atoms with E-state index in [9.17, 15) is 24.5 Å². The largest absolute Gasteiger partial charge is 0.352 e. The summed E-state index contributed by atoms with van der Waals surface area (Å²) in [5.74, 6) is -0.508. The molecule has 1 aromatic heterocycles. The number of pyridine rings is 1. The summed E-state index contributed by atoms with van der Waals surface area (Å²) in [7, 11) is 1.60. The average Bonchev–Trinajstić information content (AvgIpc) is 2.73. The third kappa shape index (κ3) is 4.68. The Labute approximate surface area is 177 Å². The van der Waals surface area contributed by atoms with Crippen molar-refractivity contribution in [2.24, 2.45) is 13.0 Å². The number of nitrogens with one attached hydrogen (secondary N) is 1. The van der Waals surface area contributed by atoms with Crippen LogP contribution in [0, 0.1) is 16.0 Å². The molecule has 1 aromatic carbocycles. The maximum Gasteiger partial charge on any atom is 0.270 e. The number of carbonyl (C=O) groups is 2. The Morgan fingerprint density at radius 2 is 1.93 bits per heavy atom. The van der Waals surface area contributed by atoms with Gasteiger partial charge in [-0.1, -0.05) is 11.6 Å². The molecule has 0 unspecified atom stereocenters. The van der Waals surface area contributed by atoms with Crippen molar-refractivity contribution in [3.05, 3.63) is 73.1 Å². The molecule has 2 amide bonds. The fourth-order valence-corrected chi connectivity index (χ4v) is 3.67. The fourth-order valence-electron chi connectivity index (χ4n) is 3.40. The lowest BCUT2D eigenvalue weighted by Crippen LogP contribution is -2.43. The highest BCUT2D eigenvalue weighted by atomic mass is 35.5. The van der Waals surface area contributed by atoms with Gasteiger partial charge in [-0.25, -0.2) is 0 Å². The van der Waals surface area contributed by atoms with Crippen molar-refractivity contribution >= 4 is 29.1 Å². The topological polar surface area (TPSA) is 115 Å². The Hall–Kier alpha value is -3.20. The van der Waals surface area contributed by atoms with Crippen molar-refractivity contribution in [3.63, 3.8) is 0 Å². The van der Waals surface area contributed by atoms with Crippen LogP contribution in [0.3, 0.4) is 0 Å². The smallest absolute Gasteiger partial charge is 0.270 e. The molecule has 1 N–H and O–H groups in total. The molecule has 0 radical (unpaired) electrons. The molecular formula is C20H21ClN4O5. The van der Waals surface area contributed by atoms with E-state index in [1.807, 2.05) is 0 Å². The average molecular weight is 433 g/mol. The maximum atomic E-state index is 12.6. The number of carbonyl (C=O) groups excluding carboxylic acids is 2. The number of aromatic nitrogens is 1. The van der Waals surface area contributed by atoms with Crippen LogP contribution in [0.25, 0.3) is 0 Å². The van der Waals surface area contributed by atoms with Crippen LogP contribution in [0.2, 0.25) is 5.02 Å². The summed E-state index contributed by atoms with van der Waals surface area (Å²) in [5.41, 5.74) is -0.173. The Bertz CT molecular complexity index is 1040. The number of likely N-dealkylation sites (tertiary alicyclic amines) is 1. The molecule has 1 saturated heterocycles. The summed E-state index contributed by atoms with van der Waals surface area (Å²) >= 11 is 5.99. The van der Waals surface area contributed by atoms with Gasteiger partial charge in [-0.15, -0.1) is 0 Å². The molecule has 9 nitrogen and oxygen atoms in total. The van der Waals surface area contributed by atoms with Gasteiger partial charge in [0.1, 0.15) is 5.56 Å². The van der Waals surface area contributed by atoms with Gasteiger partial charge in [-0.2, -0.15) is 0 Å². The van der Waals surface area contributed by atoms with Crippen LogP contribution in [0.4, 0.5) is 5.69 Å². The standard InChI is InChI=1S/C20H21ClN4O5/c1-23-8-2-3-16(19(23)27)20(28)24-9-6-13(7-10-24)12-22-18(26)15-5-4-14(25(29)30)11-17(15)21/h2-5,8,11,13H,6-7,9-10,12H2,1H3,(H,22,26). The van der Waals surface area contributed by atoms with Gasteiger partial charge in [-0.3, -0.25) is 24.5 Å². The minimum atomic E-state index is -0.576. The highest BCUT2D eigenvalue weighted by molar-refractivity contribution is 6.34. The molecular weight excluding hydrogens is 412 g/mol. The van der Waals surface area contributed by atoms with E-state index in [4.69, 9.17) is 11.6 Å². The normalized spacial score (nSPS) is 14.4. The second-order valence-electron chi connectivity index (χ2n) is 7.20. The first-order valence-corrected chi connectivity index (χ1v) is 9.82. The van der Waals surface area contributed by atoms with E-state index in [1.54, 1.807) is 24.2 Å². The Kier molecular flexibility index (Phi) is 6.51. The van der Waals surface area contributed by atoms with Crippen LogP contribution in [0.5, 0.6) is 0 Å². The zero-order valence-electron chi connectivity index (χ0n) is 16.3. The van der Waals surface area contributed by atoms with Gasteiger partial charge in [0, 0.05) is 45.0 Å². The van der Waals surface area contributed by atoms with E-state index >= 15 is 0 Å². The Balaban J connectivity index is 1.53. The third-order valence-electron chi connectivity index (χ3n) is 5.21. The van der Waals surface area contributed by atoms with E-state index in [0.717, 1.165) is 6.07 Å². The highest BCUT2D eigenvalue weighted by Crippen LogP contribution is 2.23. The van der Waals surface area contributed by atoms with Gasteiger partial charge in [0.05, 0.1) is 15.5 Å². The van der Waals surface area contributed by atoms with Gasteiger partial charge in [0.15, 0.2) is 0 Å². The molecule has 0 atom stereocenters. The highest BCUT2D eigenvalue weighted by Gasteiger charge is 2.26. The van der Waals surface area contributed by atoms with E-state index in [2.05, 4.69) is 5.32 Å². The number of hydrogen-bond acceptors (Lipinski definition) is 5. The van der Waals surface area contributed by atoms with Crippen LogP contribution in [0.15, 0.2) is 41.3 Å². The van der Waals surface area contributed by atoms with Crippen molar-refractivity contribution in [2.45, 2.75) is 12.8 Å². The molecule has 2 aromatic rings. The first-order chi connectivity index (χ1) is 14.3. The van der Waals surface area contributed by atoms with Gasteiger partial charge < -0.3 is 14.8 Å². The predicted octanol–water partition coefficient (Wildman–Crippen LogP) is 2.23. The minimum absolute atomic E-state index is 0.0200. The van der Waals surface area contributed by atoms with Crippen LogP contribution in [0.1, 0.15) is 33.6 Å². The van der Waals surface area contributed by atoms with Crippen LogP contribution in [-0.4, -0.2) is 45.8 Å². The zero-order valence-corrected chi connectivity index (χ0v) is 17.1. The number of nitro benzene ring substituents is 1. The van der Waals surface area contributed by atoms with Crippen molar-refractivity contribution < 1.29 is 14.5 Å². The van der Waals surface area contributed by atoms with Crippen LogP contribution >= 0.6 is 11.6 Å². The number of amides is 2. The van der Waals surface area contributed by atoms with Crippen molar-refractivity contribution in [3.8, 4) is 0 Å². The number of benzene rings is 1. The molecule has 1 aliphatic rings. The lowest BCUT2D eigenvalue weighted by molar-refractivity contribution is -0.384. The predicted molar refractivity (Wildman–Crippen MR) is 111 cm³/mol. The molecule has 1 fully saturated rings. The maximum absolute atomic E-state index is 12.6. The molecule has 0 aliphatic carbocycles. The SMILES string of the molecule is Cn1cccc(C(=O)N2CCC(CNC(=O)c3ccc([N+](=O)[O-])cc3Cl)CC2)c1=O. The van der Waals surface area contributed by atoms with Crippen molar-refractivity contribution in [2.75, 3.05) is 19.6 Å². The van der Waals surface area contributed by atoms with E-state index in [0.29, 0.717) is 32.5 Å². The fraction of sp³-hybridized carbons (Fsp3) is 0.350. The van der Waals surface area contributed by atoms with Gasteiger partial charge >= 0.3 is 0 Å². The molecule has 3 rings (SSSR count). The van der Waals surface area contributed by atoms with Gasteiger partial charge in [0.25, 0.3) is 23.1 Å². The molecule has 0 spiro atoms. The number of nitrogens with zero attached hydrogens (tertiary/aromatic N) is 3. The number of non-ortho nitro benzene ring substituents is 1. The second kappa shape index (κ2) is 9.08. The quantitative estimate of drug-likeness (QED) is 0.574. The summed E-state index contributed by atoms with van der Waals surface area (Å²) in [5, 5.41) is 13.6. The van der Waals surface area contributed by atoms with E-state index < -0.39 is 10.8 Å². The lowest BCUT2D eigenvalue weighted by atomic mass is 9.96. The second-order valence-corrected chi connectivity index (χ2v) is 7.61. The van der Waals surface area contributed by atoms with Crippen molar-refractivity contribution in [1.82, 2.24) is 14.8 Å². The minimum Gasteiger partial charge on any atom is -0.352 e. The molecule has 0 bridgehead atoms. The molecule has 30 heavy (non-hydrogen) atoms. The number of piperidine rings is 1. The molecule has 2 heterocycles.